The van der Waals surface area contributed by atoms with Gasteiger partial charge in [0.05, 0.1) is 0 Å². The Morgan fingerprint density at radius 2 is 0.947 bits per heavy atom. The third-order valence-electron chi connectivity index (χ3n) is 3.19. The van der Waals surface area contributed by atoms with E-state index >= 15 is 0 Å². The van der Waals surface area contributed by atoms with Crippen molar-refractivity contribution in [1.29, 1.82) is 0 Å². The molecule has 0 amide bonds. The zero-order valence-electron chi connectivity index (χ0n) is 12.9. The van der Waals surface area contributed by atoms with E-state index in [2.05, 4.69) is 64.1 Å². The summed E-state index contributed by atoms with van der Waals surface area (Å²) < 4.78 is 0. The minimum atomic E-state index is 1.32. The van der Waals surface area contributed by atoms with Crippen molar-refractivity contribution in [3.8, 4) is 0 Å². The van der Waals surface area contributed by atoms with Gasteiger partial charge in [0.1, 0.15) is 0 Å². The topological polar surface area (TPSA) is 0 Å². The maximum atomic E-state index is 2.26. The molecular weight excluding hydrogens is 248 g/mol. The molecule has 0 radical (unpaired) electrons. The van der Waals surface area contributed by atoms with Crippen LogP contribution in [0.2, 0.25) is 0 Å². The Balaban J connectivity index is 0.000000861. The highest BCUT2D eigenvalue weighted by Crippen LogP contribution is 2.30. The lowest BCUT2D eigenvalue weighted by molar-refractivity contribution is 1.26. The largest absolute Gasteiger partial charge is 0.0901 e. The van der Waals surface area contributed by atoms with E-state index in [1.807, 2.05) is 25.6 Å². The van der Waals surface area contributed by atoms with Crippen LogP contribution in [0, 0.1) is 27.7 Å². The molecule has 0 fully saturated rings. The van der Waals surface area contributed by atoms with Crippen LogP contribution in [-0.4, -0.2) is 0 Å². The Kier molecular flexibility index (Phi) is 6.17. The number of hydrogen-bond donors (Lipinski definition) is 0. The molecule has 0 aliphatic carbocycles. The van der Waals surface area contributed by atoms with E-state index in [0.29, 0.717) is 0 Å². The van der Waals surface area contributed by atoms with Gasteiger partial charge in [-0.05, 0) is 74.2 Å². The SMILES string of the molecule is CC.Cc1ccc(Sc2ccc(C)c(C)c2)cc1C. The van der Waals surface area contributed by atoms with Gasteiger partial charge >= 0.3 is 0 Å². The molecule has 2 rings (SSSR count). The van der Waals surface area contributed by atoms with E-state index in [4.69, 9.17) is 0 Å². The van der Waals surface area contributed by atoms with Gasteiger partial charge in [-0.25, -0.2) is 0 Å². The van der Waals surface area contributed by atoms with Crippen LogP contribution in [0.1, 0.15) is 36.1 Å². The maximum absolute atomic E-state index is 2.26. The Morgan fingerprint density at radius 1 is 0.579 bits per heavy atom. The average molecular weight is 272 g/mol. The number of rotatable bonds is 2. The second-order valence-corrected chi connectivity index (χ2v) is 5.74. The molecule has 0 aromatic heterocycles. The Hall–Kier alpha value is -1.21. The van der Waals surface area contributed by atoms with Crippen LogP contribution in [0.3, 0.4) is 0 Å². The highest BCUT2D eigenvalue weighted by molar-refractivity contribution is 7.99. The van der Waals surface area contributed by atoms with Crippen LogP contribution in [-0.2, 0) is 0 Å². The van der Waals surface area contributed by atoms with Gasteiger partial charge in [0.2, 0.25) is 0 Å². The molecule has 0 saturated heterocycles. The number of hydrogen-bond acceptors (Lipinski definition) is 1. The van der Waals surface area contributed by atoms with Gasteiger partial charge < -0.3 is 0 Å². The van der Waals surface area contributed by atoms with Crippen molar-refractivity contribution in [1.82, 2.24) is 0 Å². The summed E-state index contributed by atoms with van der Waals surface area (Å²) in [5.74, 6) is 0. The first kappa shape index (κ1) is 15.8. The van der Waals surface area contributed by atoms with Crippen molar-refractivity contribution in [2.24, 2.45) is 0 Å². The lowest BCUT2D eigenvalue weighted by Gasteiger charge is -2.07. The highest BCUT2D eigenvalue weighted by Gasteiger charge is 2.01. The van der Waals surface area contributed by atoms with Crippen molar-refractivity contribution in [2.75, 3.05) is 0 Å². The first-order valence-corrected chi connectivity index (χ1v) is 7.70. The van der Waals surface area contributed by atoms with E-state index in [1.54, 1.807) is 0 Å². The van der Waals surface area contributed by atoms with Crippen molar-refractivity contribution >= 4 is 11.8 Å². The Morgan fingerprint density at radius 3 is 1.26 bits per heavy atom. The molecule has 2 aromatic carbocycles. The van der Waals surface area contributed by atoms with Gasteiger partial charge in [-0.15, -0.1) is 0 Å². The van der Waals surface area contributed by atoms with E-state index in [-0.39, 0.29) is 0 Å². The van der Waals surface area contributed by atoms with Gasteiger partial charge in [-0.1, -0.05) is 37.7 Å². The summed E-state index contributed by atoms with van der Waals surface area (Å²) in [4.78, 5) is 2.63. The molecule has 0 nitrogen and oxygen atoms in total. The Labute approximate surface area is 122 Å². The molecule has 19 heavy (non-hydrogen) atoms. The van der Waals surface area contributed by atoms with E-state index in [9.17, 15) is 0 Å². The van der Waals surface area contributed by atoms with E-state index in [0.717, 1.165) is 0 Å². The second kappa shape index (κ2) is 7.40. The zero-order chi connectivity index (χ0) is 14.4. The smallest absolute Gasteiger partial charge is 0.0125 e. The first-order valence-electron chi connectivity index (χ1n) is 6.88. The summed E-state index contributed by atoms with van der Waals surface area (Å²) in [5.41, 5.74) is 5.43. The predicted molar refractivity (Wildman–Crippen MR) is 87.3 cm³/mol. The zero-order valence-corrected chi connectivity index (χ0v) is 13.7. The monoisotopic (exact) mass is 272 g/mol. The molecule has 0 saturated carbocycles. The minimum absolute atomic E-state index is 1.32. The summed E-state index contributed by atoms with van der Waals surface area (Å²) in [6, 6.07) is 13.3. The van der Waals surface area contributed by atoms with E-state index in [1.165, 1.54) is 32.0 Å². The highest BCUT2D eigenvalue weighted by atomic mass is 32.2. The molecule has 0 aliphatic heterocycles. The van der Waals surface area contributed by atoms with Gasteiger partial charge in [0, 0.05) is 9.79 Å². The lowest BCUT2D eigenvalue weighted by Crippen LogP contribution is -1.83. The summed E-state index contributed by atoms with van der Waals surface area (Å²) in [7, 11) is 0. The molecule has 0 spiro atoms. The summed E-state index contributed by atoms with van der Waals surface area (Å²) in [5, 5.41) is 0. The third-order valence-corrected chi connectivity index (χ3v) is 4.17. The molecule has 1 heteroatoms. The quantitative estimate of drug-likeness (QED) is 0.636. The number of benzene rings is 2. The lowest BCUT2D eigenvalue weighted by atomic mass is 10.1. The summed E-state index contributed by atoms with van der Waals surface area (Å²) >= 11 is 1.83. The van der Waals surface area contributed by atoms with Crippen LogP contribution in [0.15, 0.2) is 46.2 Å². The van der Waals surface area contributed by atoms with Crippen LogP contribution < -0.4 is 0 Å². The molecule has 102 valence electrons. The fourth-order valence-electron chi connectivity index (χ4n) is 1.69. The standard InChI is InChI=1S/C16H18S.C2H6/c1-11-5-7-15(9-13(11)3)17-16-8-6-12(2)14(4)10-16;1-2/h5-10H,1-4H3;1-2H3. The molecule has 2 aromatic rings. The van der Waals surface area contributed by atoms with Gasteiger partial charge in [0.25, 0.3) is 0 Å². The van der Waals surface area contributed by atoms with Gasteiger partial charge in [0.15, 0.2) is 0 Å². The number of aryl methyl sites for hydroxylation is 4. The maximum Gasteiger partial charge on any atom is 0.0125 e. The summed E-state index contributed by atoms with van der Waals surface area (Å²) in [6.45, 7) is 12.6. The molecule has 0 aliphatic rings. The summed E-state index contributed by atoms with van der Waals surface area (Å²) in [6.07, 6.45) is 0. The second-order valence-electron chi connectivity index (χ2n) is 4.59. The van der Waals surface area contributed by atoms with Crippen molar-refractivity contribution in [2.45, 2.75) is 51.3 Å². The van der Waals surface area contributed by atoms with Crippen molar-refractivity contribution in [3.63, 3.8) is 0 Å². The molecule has 0 N–H and O–H groups in total. The Bertz CT molecular complexity index is 492. The van der Waals surface area contributed by atoms with Gasteiger partial charge in [-0.2, -0.15) is 0 Å². The normalized spacial score (nSPS) is 9.79. The van der Waals surface area contributed by atoms with Crippen LogP contribution in [0.5, 0.6) is 0 Å². The molecule has 0 heterocycles. The molecule has 0 bridgehead atoms. The molecule has 0 unspecified atom stereocenters. The van der Waals surface area contributed by atoms with Gasteiger partial charge in [-0.3, -0.25) is 0 Å². The van der Waals surface area contributed by atoms with Crippen molar-refractivity contribution in [3.05, 3.63) is 58.7 Å². The average Bonchev–Trinajstić information content (AvgIpc) is 2.41. The molecule has 0 atom stereocenters. The first-order chi connectivity index (χ1) is 9.06. The van der Waals surface area contributed by atoms with E-state index < -0.39 is 0 Å². The predicted octanol–water partition coefficient (Wildman–Crippen LogP) is 6.10. The van der Waals surface area contributed by atoms with Crippen molar-refractivity contribution < 1.29 is 0 Å². The minimum Gasteiger partial charge on any atom is -0.0901 e. The van der Waals surface area contributed by atoms with Crippen LogP contribution in [0.4, 0.5) is 0 Å². The van der Waals surface area contributed by atoms with Crippen LogP contribution >= 0.6 is 11.8 Å². The fraction of sp³-hybridized carbons (Fsp3) is 0.333. The van der Waals surface area contributed by atoms with Crippen LogP contribution in [0.25, 0.3) is 0 Å². The fourth-order valence-corrected chi connectivity index (χ4v) is 2.71. The molecular formula is C18H24S. The third kappa shape index (κ3) is 4.43.